The van der Waals surface area contributed by atoms with E-state index >= 15 is 0 Å². The first-order valence-corrected chi connectivity index (χ1v) is 4.54. The van der Waals surface area contributed by atoms with Gasteiger partial charge in [0, 0.05) is 18.7 Å². The minimum Gasteiger partial charge on any atom is -0.294 e. The molecule has 5 heteroatoms. The van der Waals surface area contributed by atoms with Crippen molar-refractivity contribution in [1.29, 1.82) is 0 Å². The maximum atomic E-state index is 12.9. The van der Waals surface area contributed by atoms with Gasteiger partial charge in [-0.15, -0.1) is 0 Å². The maximum Gasteiger partial charge on any atom is 0.328 e. The van der Waals surface area contributed by atoms with Gasteiger partial charge in [0.1, 0.15) is 5.82 Å². The van der Waals surface area contributed by atoms with E-state index in [-0.39, 0.29) is 18.9 Å². The largest absolute Gasteiger partial charge is 0.328 e. The van der Waals surface area contributed by atoms with E-state index < -0.39 is 11.8 Å². The van der Waals surface area contributed by atoms with Crippen LogP contribution in [0, 0.1) is 5.82 Å². The summed E-state index contributed by atoms with van der Waals surface area (Å²) in [4.78, 5) is 23.6. The second-order valence-electron chi connectivity index (χ2n) is 3.23. The third kappa shape index (κ3) is 1.96. The molecule has 0 atom stereocenters. The molecule has 0 spiro atoms. The molecule has 15 heavy (non-hydrogen) atoms. The van der Waals surface area contributed by atoms with E-state index in [1.54, 1.807) is 6.07 Å². The monoisotopic (exact) mass is 208 g/mol. The highest BCUT2D eigenvalue weighted by Crippen LogP contribution is 2.17. The Balaban J connectivity index is 2.24. The van der Waals surface area contributed by atoms with Gasteiger partial charge in [0.2, 0.25) is 5.91 Å². The fraction of sp³-hybridized carbons (Fsp3) is 0.200. The molecule has 4 nitrogen and oxygen atoms in total. The molecule has 1 heterocycles. The molecule has 78 valence electrons. The van der Waals surface area contributed by atoms with Gasteiger partial charge in [-0.2, -0.15) is 0 Å². The van der Waals surface area contributed by atoms with Crippen molar-refractivity contribution in [2.45, 2.75) is 6.42 Å². The van der Waals surface area contributed by atoms with Crippen molar-refractivity contribution in [2.24, 2.45) is 0 Å². The lowest BCUT2D eigenvalue weighted by molar-refractivity contribution is -0.120. The summed E-state index contributed by atoms with van der Waals surface area (Å²) in [6.45, 7) is 0.286. The van der Waals surface area contributed by atoms with E-state index in [2.05, 4.69) is 5.32 Å². The SMILES string of the molecule is O=C1CCN(c2cccc(F)c2)C(=O)N1. The fourth-order valence-electron chi connectivity index (χ4n) is 1.45. The number of hydrogen-bond donors (Lipinski definition) is 1. The molecule has 0 bridgehead atoms. The van der Waals surface area contributed by atoms with Crippen molar-refractivity contribution in [1.82, 2.24) is 5.32 Å². The third-order valence-corrected chi connectivity index (χ3v) is 2.17. The molecule has 2 rings (SSSR count). The zero-order chi connectivity index (χ0) is 10.8. The highest BCUT2D eigenvalue weighted by molar-refractivity contribution is 6.05. The zero-order valence-corrected chi connectivity index (χ0v) is 7.87. The lowest BCUT2D eigenvalue weighted by Crippen LogP contribution is -2.49. The van der Waals surface area contributed by atoms with Gasteiger partial charge in [-0.25, -0.2) is 9.18 Å². The minimum absolute atomic E-state index is 0.238. The standard InChI is InChI=1S/C10H9FN2O2/c11-7-2-1-3-8(6-7)13-5-4-9(14)12-10(13)15/h1-3,6H,4-5H2,(H,12,14,15). The van der Waals surface area contributed by atoms with E-state index in [0.717, 1.165) is 0 Å². The van der Waals surface area contributed by atoms with Gasteiger partial charge in [-0.05, 0) is 18.2 Å². The number of urea groups is 1. The van der Waals surface area contributed by atoms with Gasteiger partial charge in [0.15, 0.2) is 0 Å². The summed E-state index contributed by atoms with van der Waals surface area (Å²) >= 11 is 0. The Morgan fingerprint density at radius 2 is 2.13 bits per heavy atom. The number of amides is 3. The first-order chi connectivity index (χ1) is 7.16. The van der Waals surface area contributed by atoms with Crippen LogP contribution in [0.2, 0.25) is 0 Å². The zero-order valence-electron chi connectivity index (χ0n) is 7.87. The van der Waals surface area contributed by atoms with E-state index in [1.807, 2.05) is 0 Å². The molecule has 1 saturated heterocycles. The first-order valence-electron chi connectivity index (χ1n) is 4.54. The number of benzene rings is 1. The Morgan fingerprint density at radius 3 is 2.80 bits per heavy atom. The minimum atomic E-state index is -0.503. The highest BCUT2D eigenvalue weighted by Gasteiger charge is 2.24. The van der Waals surface area contributed by atoms with Crippen molar-refractivity contribution in [3.05, 3.63) is 30.1 Å². The van der Waals surface area contributed by atoms with Gasteiger partial charge < -0.3 is 0 Å². The molecule has 1 aliphatic rings. The molecule has 0 aliphatic carbocycles. The van der Waals surface area contributed by atoms with E-state index in [1.165, 1.54) is 23.1 Å². The normalized spacial score (nSPS) is 16.5. The van der Waals surface area contributed by atoms with Gasteiger partial charge in [0.05, 0.1) is 0 Å². The predicted molar refractivity (Wildman–Crippen MR) is 51.9 cm³/mol. The number of nitrogens with one attached hydrogen (secondary N) is 1. The first kappa shape index (κ1) is 9.64. The lowest BCUT2D eigenvalue weighted by Gasteiger charge is -2.26. The van der Waals surface area contributed by atoms with Crippen LogP contribution in [0.5, 0.6) is 0 Å². The molecule has 1 aromatic carbocycles. The Kier molecular flexibility index (Phi) is 2.37. The summed E-state index contributed by atoms with van der Waals surface area (Å²) in [5, 5.41) is 2.17. The van der Waals surface area contributed by atoms with Crippen molar-refractivity contribution in [2.75, 3.05) is 11.4 Å². The number of rotatable bonds is 1. The van der Waals surface area contributed by atoms with Crippen molar-refractivity contribution >= 4 is 17.6 Å². The Labute approximate surface area is 85.7 Å². The van der Waals surface area contributed by atoms with Crippen molar-refractivity contribution < 1.29 is 14.0 Å². The number of nitrogens with zero attached hydrogens (tertiary/aromatic N) is 1. The number of hydrogen-bond acceptors (Lipinski definition) is 2. The Morgan fingerprint density at radius 1 is 1.33 bits per heavy atom. The van der Waals surface area contributed by atoms with Crippen LogP contribution in [0.1, 0.15) is 6.42 Å². The van der Waals surface area contributed by atoms with Crippen LogP contribution in [0.15, 0.2) is 24.3 Å². The van der Waals surface area contributed by atoms with E-state index in [0.29, 0.717) is 5.69 Å². The molecular weight excluding hydrogens is 199 g/mol. The molecule has 1 fully saturated rings. The third-order valence-electron chi connectivity index (χ3n) is 2.17. The van der Waals surface area contributed by atoms with E-state index in [4.69, 9.17) is 0 Å². The molecule has 0 saturated carbocycles. The van der Waals surface area contributed by atoms with Crippen LogP contribution in [-0.2, 0) is 4.79 Å². The molecule has 3 amide bonds. The summed E-state index contributed by atoms with van der Waals surface area (Å²) in [5.41, 5.74) is 0.458. The molecule has 1 aliphatic heterocycles. The average Bonchev–Trinajstić information content (AvgIpc) is 2.17. The topological polar surface area (TPSA) is 49.4 Å². The average molecular weight is 208 g/mol. The smallest absolute Gasteiger partial charge is 0.294 e. The van der Waals surface area contributed by atoms with Crippen LogP contribution in [0.4, 0.5) is 14.9 Å². The van der Waals surface area contributed by atoms with Gasteiger partial charge in [-0.3, -0.25) is 15.0 Å². The van der Waals surface area contributed by atoms with Crippen molar-refractivity contribution in [3.63, 3.8) is 0 Å². The van der Waals surface area contributed by atoms with Crippen molar-refractivity contribution in [3.8, 4) is 0 Å². The molecule has 0 radical (unpaired) electrons. The fourth-order valence-corrected chi connectivity index (χ4v) is 1.45. The highest BCUT2D eigenvalue weighted by atomic mass is 19.1. The molecule has 0 unspecified atom stereocenters. The lowest BCUT2D eigenvalue weighted by atomic mass is 10.2. The summed E-state index contributed by atoms with van der Waals surface area (Å²) in [7, 11) is 0. The molecule has 1 aromatic rings. The summed E-state index contributed by atoms with van der Waals surface area (Å²) in [6, 6.07) is 5.20. The molecule has 0 aromatic heterocycles. The Hall–Kier alpha value is -1.91. The number of anilines is 1. The van der Waals surface area contributed by atoms with Crippen LogP contribution in [0.3, 0.4) is 0 Å². The number of imide groups is 1. The number of carbonyl (C=O) groups is 2. The van der Waals surface area contributed by atoms with Crippen LogP contribution in [-0.4, -0.2) is 18.5 Å². The quantitative estimate of drug-likeness (QED) is 0.755. The van der Waals surface area contributed by atoms with Gasteiger partial charge in [-0.1, -0.05) is 6.07 Å². The van der Waals surface area contributed by atoms with Crippen LogP contribution < -0.4 is 10.2 Å². The van der Waals surface area contributed by atoms with Gasteiger partial charge >= 0.3 is 6.03 Å². The second-order valence-corrected chi connectivity index (χ2v) is 3.23. The van der Waals surface area contributed by atoms with Gasteiger partial charge in [0.25, 0.3) is 0 Å². The molecular formula is C10H9FN2O2. The number of carbonyl (C=O) groups excluding carboxylic acids is 2. The predicted octanol–water partition coefficient (Wildman–Crippen LogP) is 1.27. The number of halogens is 1. The molecule has 1 N–H and O–H groups in total. The van der Waals surface area contributed by atoms with Crippen LogP contribution in [0.25, 0.3) is 0 Å². The van der Waals surface area contributed by atoms with Crippen LogP contribution >= 0.6 is 0 Å². The maximum absolute atomic E-state index is 12.9. The summed E-state index contributed by atoms with van der Waals surface area (Å²) in [5.74, 6) is -0.704. The Bertz CT molecular complexity index is 420. The second kappa shape index (κ2) is 3.68. The summed E-state index contributed by atoms with van der Waals surface area (Å²) < 4.78 is 12.9. The van der Waals surface area contributed by atoms with E-state index in [9.17, 15) is 14.0 Å². The summed E-state index contributed by atoms with van der Waals surface area (Å²) in [6.07, 6.45) is 0.238.